The van der Waals surface area contributed by atoms with Gasteiger partial charge in [-0.3, -0.25) is 4.79 Å². The van der Waals surface area contributed by atoms with Crippen LogP contribution in [0.3, 0.4) is 0 Å². The van der Waals surface area contributed by atoms with E-state index in [9.17, 15) is 19.5 Å². The molecule has 9 heteroatoms. The standard InChI is InChI=1S/C32H36N4O5/c1-5-6-11-28-35-26-18-23(34-29(37)19-33-31(40)41-32(2,3)4)16-17-27(26)36(28)20-21-12-14-22(15-13-21)24-9-7-8-10-25(24)30(38)39/h7-10,12-18H,5-6,11,19-20H2,1-4H3,(H,33,40)(H,34,37)(H,38,39). The highest BCUT2D eigenvalue weighted by atomic mass is 16.6. The van der Waals surface area contributed by atoms with Gasteiger partial charge in [0.05, 0.1) is 16.6 Å². The lowest BCUT2D eigenvalue weighted by Gasteiger charge is -2.19. The van der Waals surface area contributed by atoms with E-state index >= 15 is 0 Å². The second kappa shape index (κ2) is 12.7. The van der Waals surface area contributed by atoms with Crippen LogP contribution in [0.2, 0.25) is 0 Å². The third-order valence-electron chi connectivity index (χ3n) is 6.42. The SMILES string of the molecule is CCCCc1nc2cc(NC(=O)CNC(=O)OC(C)(C)C)ccc2n1Cc1ccc(-c2ccccc2C(=O)O)cc1. The van der Waals surface area contributed by atoms with Crippen molar-refractivity contribution in [3.05, 3.63) is 83.7 Å². The average Bonchev–Trinajstić information content (AvgIpc) is 3.26. The van der Waals surface area contributed by atoms with Crippen molar-refractivity contribution in [2.45, 2.75) is 59.1 Å². The lowest BCUT2D eigenvalue weighted by molar-refractivity contribution is -0.115. The first-order chi connectivity index (χ1) is 19.5. The zero-order chi connectivity index (χ0) is 29.6. The van der Waals surface area contributed by atoms with Crippen LogP contribution in [-0.2, 0) is 22.5 Å². The molecular weight excluding hydrogens is 520 g/mol. The van der Waals surface area contributed by atoms with Gasteiger partial charge in [-0.1, -0.05) is 55.8 Å². The summed E-state index contributed by atoms with van der Waals surface area (Å²) in [5.74, 6) is -0.368. The number of nitrogens with zero attached hydrogens (tertiary/aromatic N) is 2. The average molecular weight is 557 g/mol. The number of carboxylic acid groups (broad SMARTS) is 1. The Bertz CT molecular complexity index is 1550. The number of amides is 2. The van der Waals surface area contributed by atoms with E-state index in [0.717, 1.165) is 47.2 Å². The predicted octanol–water partition coefficient (Wildman–Crippen LogP) is 6.26. The summed E-state index contributed by atoms with van der Waals surface area (Å²) in [4.78, 5) is 40.8. The molecule has 0 spiro atoms. The predicted molar refractivity (Wildman–Crippen MR) is 159 cm³/mol. The Kier molecular flexibility index (Phi) is 9.07. The van der Waals surface area contributed by atoms with Crippen LogP contribution in [0.25, 0.3) is 22.2 Å². The van der Waals surface area contributed by atoms with Crippen LogP contribution >= 0.6 is 0 Å². The highest BCUT2D eigenvalue weighted by Crippen LogP contribution is 2.26. The number of rotatable bonds is 10. The molecule has 0 radical (unpaired) electrons. The monoisotopic (exact) mass is 556 g/mol. The number of unbranched alkanes of at least 4 members (excludes halogenated alkanes) is 1. The van der Waals surface area contributed by atoms with E-state index in [1.165, 1.54) is 0 Å². The van der Waals surface area contributed by atoms with Gasteiger partial charge in [0.1, 0.15) is 18.0 Å². The first kappa shape index (κ1) is 29.3. The number of carbonyl (C=O) groups is 3. The molecule has 2 amide bonds. The molecule has 0 aliphatic heterocycles. The number of nitrogens with one attached hydrogen (secondary N) is 2. The van der Waals surface area contributed by atoms with E-state index in [-0.39, 0.29) is 18.0 Å². The number of ether oxygens (including phenoxy) is 1. The quantitative estimate of drug-likeness (QED) is 0.212. The normalized spacial score (nSPS) is 11.3. The number of anilines is 1. The number of fused-ring (bicyclic) bond motifs is 1. The maximum atomic E-state index is 12.4. The van der Waals surface area contributed by atoms with Crippen molar-refractivity contribution in [1.82, 2.24) is 14.9 Å². The first-order valence-electron chi connectivity index (χ1n) is 13.7. The van der Waals surface area contributed by atoms with Crippen LogP contribution in [-0.4, -0.2) is 44.8 Å². The number of alkyl carbamates (subject to hydrolysis) is 1. The van der Waals surface area contributed by atoms with Crippen molar-refractivity contribution in [1.29, 1.82) is 0 Å². The summed E-state index contributed by atoms with van der Waals surface area (Å²) in [7, 11) is 0. The van der Waals surface area contributed by atoms with Crippen LogP contribution in [0.5, 0.6) is 0 Å². The Morgan fingerprint density at radius 1 is 1.00 bits per heavy atom. The number of carbonyl (C=O) groups excluding carboxylic acids is 2. The van der Waals surface area contributed by atoms with Crippen LogP contribution < -0.4 is 10.6 Å². The molecule has 0 saturated carbocycles. The van der Waals surface area contributed by atoms with Gasteiger partial charge in [-0.05, 0) is 68.1 Å². The Labute approximate surface area is 239 Å². The molecule has 214 valence electrons. The summed E-state index contributed by atoms with van der Waals surface area (Å²) in [6.07, 6.45) is 2.19. The fourth-order valence-electron chi connectivity index (χ4n) is 4.53. The van der Waals surface area contributed by atoms with E-state index < -0.39 is 17.7 Å². The smallest absolute Gasteiger partial charge is 0.408 e. The molecule has 1 heterocycles. The van der Waals surface area contributed by atoms with E-state index in [4.69, 9.17) is 9.72 Å². The molecule has 3 N–H and O–H groups in total. The van der Waals surface area contributed by atoms with E-state index in [1.54, 1.807) is 32.9 Å². The Morgan fingerprint density at radius 2 is 1.73 bits per heavy atom. The van der Waals surface area contributed by atoms with Gasteiger partial charge in [-0.25, -0.2) is 14.6 Å². The molecule has 0 saturated heterocycles. The summed E-state index contributed by atoms with van der Waals surface area (Å²) in [6.45, 7) is 7.79. The van der Waals surface area contributed by atoms with Gasteiger partial charge in [-0.2, -0.15) is 0 Å². The van der Waals surface area contributed by atoms with Gasteiger partial charge in [-0.15, -0.1) is 0 Å². The Hall–Kier alpha value is -4.66. The lowest BCUT2D eigenvalue weighted by Crippen LogP contribution is -2.37. The number of hydrogen-bond donors (Lipinski definition) is 3. The molecule has 3 aromatic carbocycles. The highest BCUT2D eigenvalue weighted by Gasteiger charge is 2.17. The maximum absolute atomic E-state index is 12.4. The molecule has 1 aromatic heterocycles. The highest BCUT2D eigenvalue weighted by molar-refractivity contribution is 5.96. The van der Waals surface area contributed by atoms with Crippen molar-refractivity contribution in [3.63, 3.8) is 0 Å². The molecule has 0 fully saturated rings. The van der Waals surface area contributed by atoms with E-state index in [0.29, 0.717) is 17.8 Å². The molecule has 0 atom stereocenters. The molecule has 4 rings (SSSR count). The molecule has 41 heavy (non-hydrogen) atoms. The van der Waals surface area contributed by atoms with Crippen molar-refractivity contribution < 1.29 is 24.2 Å². The minimum absolute atomic E-state index is 0.212. The lowest BCUT2D eigenvalue weighted by atomic mass is 9.99. The van der Waals surface area contributed by atoms with Crippen LogP contribution in [0, 0.1) is 0 Å². The second-order valence-corrected chi connectivity index (χ2v) is 10.9. The first-order valence-corrected chi connectivity index (χ1v) is 13.7. The largest absolute Gasteiger partial charge is 0.478 e. The fraction of sp³-hybridized carbons (Fsp3) is 0.312. The van der Waals surface area contributed by atoms with Crippen LogP contribution in [0.15, 0.2) is 66.7 Å². The topological polar surface area (TPSA) is 123 Å². The third-order valence-corrected chi connectivity index (χ3v) is 6.42. The summed E-state index contributed by atoms with van der Waals surface area (Å²) in [5.41, 5.74) is 4.50. The summed E-state index contributed by atoms with van der Waals surface area (Å²) in [6, 6.07) is 20.5. The van der Waals surface area contributed by atoms with Gasteiger partial charge >= 0.3 is 12.1 Å². The maximum Gasteiger partial charge on any atom is 0.408 e. The zero-order valence-corrected chi connectivity index (χ0v) is 23.9. The minimum atomic E-state index is -0.954. The van der Waals surface area contributed by atoms with Crippen molar-refractivity contribution in [2.24, 2.45) is 0 Å². The third kappa shape index (κ3) is 7.72. The van der Waals surface area contributed by atoms with Gasteiger partial charge < -0.3 is 25.0 Å². The summed E-state index contributed by atoms with van der Waals surface area (Å²) >= 11 is 0. The van der Waals surface area contributed by atoms with E-state index in [1.807, 2.05) is 54.6 Å². The number of benzene rings is 3. The van der Waals surface area contributed by atoms with Gasteiger partial charge in [0.15, 0.2) is 0 Å². The number of aryl methyl sites for hydroxylation is 1. The van der Waals surface area contributed by atoms with Crippen molar-refractivity contribution >= 4 is 34.7 Å². The fourth-order valence-corrected chi connectivity index (χ4v) is 4.53. The number of aromatic nitrogens is 2. The second-order valence-electron chi connectivity index (χ2n) is 10.9. The Balaban J connectivity index is 1.52. The molecular formula is C32H36N4O5. The minimum Gasteiger partial charge on any atom is -0.478 e. The molecule has 0 unspecified atom stereocenters. The van der Waals surface area contributed by atoms with Gasteiger partial charge in [0.2, 0.25) is 5.91 Å². The van der Waals surface area contributed by atoms with Gasteiger partial charge in [0, 0.05) is 18.7 Å². The van der Waals surface area contributed by atoms with Crippen molar-refractivity contribution in [3.8, 4) is 11.1 Å². The Morgan fingerprint density at radius 3 is 2.41 bits per heavy atom. The molecule has 4 aromatic rings. The summed E-state index contributed by atoms with van der Waals surface area (Å²) in [5, 5.41) is 14.8. The van der Waals surface area contributed by atoms with Crippen molar-refractivity contribution in [2.75, 3.05) is 11.9 Å². The zero-order valence-electron chi connectivity index (χ0n) is 23.9. The van der Waals surface area contributed by atoms with Crippen LogP contribution in [0.1, 0.15) is 62.3 Å². The molecule has 0 aliphatic rings. The number of carboxylic acids is 1. The summed E-state index contributed by atoms with van der Waals surface area (Å²) < 4.78 is 7.35. The molecule has 0 bridgehead atoms. The molecule has 9 nitrogen and oxygen atoms in total. The molecule has 0 aliphatic carbocycles. The number of aromatic carboxylic acids is 1. The number of hydrogen-bond acceptors (Lipinski definition) is 5. The van der Waals surface area contributed by atoms with Crippen LogP contribution in [0.4, 0.5) is 10.5 Å². The van der Waals surface area contributed by atoms with Gasteiger partial charge in [0.25, 0.3) is 0 Å². The number of imidazole rings is 1. The van der Waals surface area contributed by atoms with E-state index in [2.05, 4.69) is 22.1 Å².